The molecule has 35 valence electrons. The van der Waals surface area contributed by atoms with Gasteiger partial charge in [0.25, 0.3) is 0 Å². The Morgan fingerprint density at radius 2 is 2.43 bits per heavy atom. The number of halogens is 1. The summed E-state index contributed by atoms with van der Waals surface area (Å²) in [5.41, 5.74) is 0. The van der Waals surface area contributed by atoms with Crippen LogP contribution in [0.15, 0.2) is 12.4 Å². The maximum atomic E-state index is 3.92. The minimum atomic E-state index is 0. The van der Waals surface area contributed by atoms with Gasteiger partial charge in [-0.25, -0.2) is 0 Å². The van der Waals surface area contributed by atoms with Gasteiger partial charge in [0, 0.05) is 0 Å². The molecule has 1 N–H and O–H groups in total. The summed E-state index contributed by atoms with van der Waals surface area (Å²) in [6.45, 7) is 0. The summed E-state index contributed by atoms with van der Waals surface area (Å²) in [5.74, 6) is 0. The number of aromatic nitrogens is 2. The number of rotatable bonds is 0. The second-order valence-corrected chi connectivity index (χ2v) is 2.44. The van der Waals surface area contributed by atoms with E-state index in [1.54, 1.807) is 6.20 Å². The molecule has 0 unspecified atom stereocenters. The van der Waals surface area contributed by atoms with Gasteiger partial charge < -0.3 is 0 Å². The average molecular weight is 213 g/mol. The van der Waals surface area contributed by atoms with E-state index in [9.17, 15) is 0 Å². The van der Waals surface area contributed by atoms with Crippen LogP contribution in [0.25, 0.3) is 0 Å². The van der Waals surface area contributed by atoms with Crippen LogP contribution >= 0.6 is 17.0 Å². The molecule has 0 saturated carbocycles. The fourth-order valence-corrected chi connectivity index (χ4v) is 0.766. The molecule has 0 fully saturated rings. The van der Waals surface area contributed by atoms with Crippen molar-refractivity contribution in [2.24, 2.45) is 0 Å². The van der Waals surface area contributed by atoms with E-state index in [1.807, 2.05) is 6.20 Å². The Hall–Kier alpha value is 0.313. The van der Waals surface area contributed by atoms with E-state index in [4.69, 9.17) is 0 Å². The van der Waals surface area contributed by atoms with Gasteiger partial charge >= 0.3 is 45.1 Å². The van der Waals surface area contributed by atoms with Crippen LogP contribution in [0.4, 0.5) is 0 Å². The van der Waals surface area contributed by atoms with Crippen molar-refractivity contribution in [2.45, 2.75) is 0 Å². The number of nitrogens with one attached hydrogen (secondary N) is 1. The fourth-order valence-electron chi connectivity index (χ4n) is 0.298. The molecule has 0 aliphatic carbocycles. The molecule has 1 aromatic heterocycles. The van der Waals surface area contributed by atoms with E-state index < -0.39 is 0 Å². The standard InChI is InChI=1S/C3H3N2.BrH.Zn/c1-2-5-3-4-1;;/h1-2H,(H,4,5);1H;. The Balaban J connectivity index is 0.000000360. The first-order chi connectivity index (χ1) is 2.89. The maximum absolute atomic E-state index is 3.92. The van der Waals surface area contributed by atoms with Gasteiger partial charge in [0.2, 0.25) is 0 Å². The number of hydrogen-bond acceptors (Lipinski definition) is 1. The molecule has 2 nitrogen and oxygen atoms in total. The van der Waals surface area contributed by atoms with E-state index in [-0.39, 0.29) is 17.0 Å². The molecule has 0 spiro atoms. The van der Waals surface area contributed by atoms with E-state index in [0.29, 0.717) is 0 Å². The van der Waals surface area contributed by atoms with Crippen molar-refractivity contribution in [2.75, 3.05) is 0 Å². The molecule has 0 aliphatic heterocycles. The summed E-state index contributed by atoms with van der Waals surface area (Å²) >= 11 is 1.12. The van der Waals surface area contributed by atoms with Gasteiger partial charge in [0.1, 0.15) is 0 Å². The summed E-state index contributed by atoms with van der Waals surface area (Å²) in [4.78, 5) is 6.86. The molecular weight excluding hydrogens is 209 g/mol. The first-order valence-electron chi connectivity index (χ1n) is 1.71. The molecule has 0 bridgehead atoms. The van der Waals surface area contributed by atoms with Crippen molar-refractivity contribution in [1.29, 1.82) is 0 Å². The van der Waals surface area contributed by atoms with Crippen molar-refractivity contribution in [1.82, 2.24) is 9.97 Å². The molecule has 0 saturated heterocycles. The van der Waals surface area contributed by atoms with Gasteiger partial charge in [-0.2, -0.15) is 0 Å². The summed E-state index contributed by atoms with van der Waals surface area (Å²) in [6.07, 6.45) is 3.59. The molecule has 7 heavy (non-hydrogen) atoms. The molecule has 0 radical (unpaired) electrons. The monoisotopic (exact) mass is 211 g/mol. The first-order valence-corrected chi connectivity index (χ1v) is 3.19. The molecule has 0 aliphatic rings. The SMILES string of the molecule is Br.[Zn][c]1ncc[nH]1. The quantitative estimate of drug-likeness (QED) is 0.611. The topological polar surface area (TPSA) is 28.7 Å². The summed E-state index contributed by atoms with van der Waals surface area (Å²) in [7, 11) is 0. The Labute approximate surface area is 62.2 Å². The van der Waals surface area contributed by atoms with Crippen LogP contribution in [0.1, 0.15) is 0 Å². The Bertz CT molecular complexity index is 116. The number of imidazole rings is 1. The van der Waals surface area contributed by atoms with E-state index in [0.717, 1.165) is 22.7 Å². The predicted octanol–water partition coefficient (Wildman–Crippen LogP) is 0.160. The summed E-state index contributed by atoms with van der Waals surface area (Å²) in [6, 6.07) is 0. The van der Waals surface area contributed by atoms with Gasteiger partial charge in [-0.3, -0.25) is 0 Å². The summed E-state index contributed by atoms with van der Waals surface area (Å²) in [5, 5.41) is 0. The fraction of sp³-hybridized carbons (Fsp3) is 0. The second-order valence-electron chi connectivity index (χ2n) is 1.04. The Morgan fingerprint density at radius 3 is 2.57 bits per heavy atom. The van der Waals surface area contributed by atoms with Crippen LogP contribution in [0.2, 0.25) is 0 Å². The third-order valence-corrected chi connectivity index (χ3v) is 1.37. The van der Waals surface area contributed by atoms with Gasteiger partial charge in [0.15, 0.2) is 0 Å². The average Bonchev–Trinajstić information content (AvgIpc) is 1.86. The molecule has 0 aromatic carbocycles. The van der Waals surface area contributed by atoms with Gasteiger partial charge in [0.05, 0.1) is 0 Å². The predicted molar refractivity (Wildman–Crippen MR) is 28.5 cm³/mol. The molecule has 0 amide bonds. The summed E-state index contributed by atoms with van der Waals surface area (Å²) < 4.78 is 1.09. The zero-order valence-corrected chi connectivity index (χ0v) is 8.40. The van der Waals surface area contributed by atoms with Crippen molar-refractivity contribution >= 4 is 21.4 Å². The zero-order valence-electron chi connectivity index (χ0n) is 3.72. The Morgan fingerprint density at radius 1 is 1.71 bits per heavy atom. The number of hydrogen-bond donors (Lipinski definition) is 1. The Kier molecular flexibility index (Phi) is 3.48. The molecule has 1 heterocycles. The van der Waals surface area contributed by atoms with Crippen LogP contribution in [-0.2, 0) is 18.3 Å². The van der Waals surface area contributed by atoms with E-state index in [1.165, 1.54) is 0 Å². The van der Waals surface area contributed by atoms with E-state index >= 15 is 0 Å². The van der Waals surface area contributed by atoms with Gasteiger partial charge in [-0.15, -0.1) is 17.0 Å². The van der Waals surface area contributed by atoms with Crippen molar-refractivity contribution in [3.8, 4) is 0 Å². The zero-order chi connectivity index (χ0) is 4.41. The molecule has 0 atom stereocenters. The van der Waals surface area contributed by atoms with Crippen molar-refractivity contribution in [3.05, 3.63) is 12.4 Å². The van der Waals surface area contributed by atoms with Crippen molar-refractivity contribution in [3.63, 3.8) is 0 Å². The van der Waals surface area contributed by atoms with E-state index in [2.05, 4.69) is 9.97 Å². The van der Waals surface area contributed by atoms with Crippen LogP contribution in [0.5, 0.6) is 0 Å². The van der Waals surface area contributed by atoms with Crippen LogP contribution in [0, 0.1) is 0 Å². The van der Waals surface area contributed by atoms with Gasteiger partial charge in [-0.05, 0) is 0 Å². The number of nitrogens with zero attached hydrogens (tertiary/aromatic N) is 1. The van der Waals surface area contributed by atoms with Crippen LogP contribution in [-0.4, -0.2) is 9.97 Å². The van der Waals surface area contributed by atoms with Gasteiger partial charge in [-0.1, -0.05) is 0 Å². The number of H-pyrrole nitrogens is 1. The third-order valence-electron chi connectivity index (χ3n) is 0.555. The molecule has 1 rings (SSSR count). The van der Waals surface area contributed by atoms with Crippen LogP contribution < -0.4 is 4.42 Å². The first kappa shape index (κ1) is 7.31. The third kappa shape index (κ3) is 2.20. The number of aromatic amines is 1. The molecule has 1 aromatic rings. The molecular formula is C3H4BrN2Zn. The molecule has 4 heteroatoms. The van der Waals surface area contributed by atoms with Crippen molar-refractivity contribution < 1.29 is 18.3 Å². The minimum absolute atomic E-state index is 0. The normalized spacial score (nSPS) is 7.71. The van der Waals surface area contributed by atoms with Crippen LogP contribution in [0.3, 0.4) is 0 Å². The second kappa shape index (κ2) is 3.33.